The standard InChI is InChI=1S/C54H96NO10P/c1-3-5-7-9-11-13-15-17-19-21-23-24-25-26-28-29-31-33-35-37-39-41-43-45-52(57)55-51(54(59)60)49-65-66(61,62)64-48-50(56)47-63-53(58)46-44-42-40-38-36-34-32-30-27-22-20-18-16-14-12-10-8-6-4-2/h11,13,17-20,23-24,26,28,50-51,56H,3-10,12,14-16,21-22,25,27,29-49H2,1-2H3,(H,55,57)(H,59,60)(H,61,62)/b13-11-,19-17-,20-18+,24-23-,28-26-. The number of allylic oxidation sites excluding steroid dienone is 10. The second-order valence-corrected chi connectivity index (χ2v) is 19.2. The maximum absolute atomic E-state index is 12.4. The Kier molecular flexibility index (Phi) is 46.6. The van der Waals surface area contributed by atoms with E-state index in [1.807, 2.05) is 0 Å². The quantitative estimate of drug-likeness (QED) is 0.0199. The molecule has 0 spiro atoms. The molecule has 1 amide bonds. The van der Waals surface area contributed by atoms with E-state index in [2.05, 4.69) is 79.9 Å². The molecule has 0 aromatic carbocycles. The molecule has 0 aliphatic rings. The van der Waals surface area contributed by atoms with Gasteiger partial charge in [-0.2, -0.15) is 0 Å². The van der Waals surface area contributed by atoms with Crippen molar-refractivity contribution in [2.75, 3.05) is 19.8 Å². The summed E-state index contributed by atoms with van der Waals surface area (Å²) >= 11 is 0. The number of amides is 1. The average molecular weight is 950 g/mol. The number of ether oxygens (including phenoxy) is 1. The van der Waals surface area contributed by atoms with E-state index in [4.69, 9.17) is 13.8 Å². The lowest BCUT2D eigenvalue weighted by Crippen LogP contribution is -2.43. The van der Waals surface area contributed by atoms with Crippen LogP contribution in [0.5, 0.6) is 0 Å². The van der Waals surface area contributed by atoms with Gasteiger partial charge in [-0.25, -0.2) is 9.36 Å². The minimum absolute atomic E-state index is 0.131. The first-order valence-corrected chi connectivity index (χ1v) is 27.8. The number of carbonyl (C=O) groups is 3. The number of aliphatic carboxylic acids is 1. The summed E-state index contributed by atoms with van der Waals surface area (Å²) in [6.45, 7) is 2.58. The van der Waals surface area contributed by atoms with Crippen molar-refractivity contribution in [3.8, 4) is 0 Å². The molecule has 11 nitrogen and oxygen atoms in total. The number of aliphatic hydroxyl groups is 1. The minimum atomic E-state index is -4.77. The Morgan fingerprint density at radius 2 is 0.833 bits per heavy atom. The Morgan fingerprint density at radius 1 is 0.485 bits per heavy atom. The van der Waals surface area contributed by atoms with Gasteiger partial charge in [-0.05, 0) is 83.5 Å². The van der Waals surface area contributed by atoms with Gasteiger partial charge in [-0.15, -0.1) is 0 Å². The van der Waals surface area contributed by atoms with Gasteiger partial charge in [0.05, 0.1) is 13.2 Å². The summed E-state index contributed by atoms with van der Waals surface area (Å²) in [7, 11) is -4.77. The summed E-state index contributed by atoms with van der Waals surface area (Å²) in [6.07, 6.45) is 58.0. The van der Waals surface area contributed by atoms with E-state index in [0.29, 0.717) is 12.8 Å². The van der Waals surface area contributed by atoms with Crippen LogP contribution in [0.2, 0.25) is 0 Å². The van der Waals surface area contributed by atoms with Crippen molar-refractivity contribution in [3.05, 3.63) is 60.8 Å². The SMILES string of the molecule is CCCCC/C=C\C/C=C\C/C=C\C/C=C\CCCCCCCCCC(=O)NC(COP(=O)(O)OCC(O)COC(=O)CCCCCCCCCCC/C=C/CCCCCCCC)C(=O)O. The lowest BCUT2D eigenvalue weighted by Gasteiger charge is -2.18. The molecule has 0 aliphatic carbocycles. The zero-order valence-electron chi connectivity index (χ0n) is 41.7. The summed E-state index contributed by atoms with van der Waals surface area (Å²) in [5.41, 5.74) is 0. The van der Waals surface area contributed by atoms with Crippen LogP contribution >= 0.6 is 7.82 Å². The van der Waals surface area contributed by atoms with Crippen molar-refractivity contribution < 1.29 is 47.8 Å². The van der Waals surface area contributed by atoms with Crippen molar-refractivity contribution in [1.82, 2.24) is 5.32 Å². The van der Waals surface area contributed by atoms with Crippen LogP contribution in [0, 0.1) is 0 Å². The molecule has 0 fully saturated rings. The summed E-state index contributed by atoms with van der Waals surface area (Å²) in [4.78, 5) is 46.2. The predicted octanol–water partition coefficient (Wildman–Crippen LogP) is 14.7. The number of hydrogen-bond acceptors (Lipinski definition) is 8. The Labute approximate surface area is 402 Å². The number of phosphoric ester groups is 1. The molecule has 12 heteroatoms. The zero-order valence-corrected chi connectivity index (χ0v) is 42.6. The van der Waals surface area contributed by atoms with Gasteiger partial charge >= 0.3 is 19.8 Å². The maximum atomic E-state index is 12.4. The summed E-state index contributed by atoms with van der Waals surface area (Å²) in [5.74, 6) is -2.39. The van der Waals surface area contributed by atoms with E-state index < -0.39 is 57.6 Å². The molecule has 0 aliphatic heterocycles. The number of hydrogen-bond donors (Lipinski definition) is 4. The van der Waals surface area contributed by atoms with Gasteiger partial charge in [0.2, 0.25) is 5.91 Å². The number of carbonyl (C=O) groups excluding carboxylic acids is 2. The molecule has 0 saturated heterocycles. The summed E-state index contributed by atoms with van der Waals surface area (Å²) < 4.78 is 27.0. The Morgan fingerprint density at radius 3 is 1.29 bits per heavy atom. The molecule has 0 heterocycles. The third-order valence-corrected chi connectivity index (χ3v) is 12.2. The number of phosphoric acid groups is 1. The summed E-state index contributed by atoms with van der Waals surface area (Å²) in [6, 6.07) is -1.56. The third kappa shape index (κ3) is 47.7. The number of rotatable bonds is 49. The Hall–Kier alpha value is -2.82. The van der Waals surface area contributed by atoms with E-state index in [0.717, 1.165) is 83.5 Å². The fraction of sp³-hybridized carbons (Fsp3) is 0.759. The van der Waals surface area contributed by atoms with Crippen molar-refractivity contribution in [1.29, 1.82) is 0 Å². The monoisotopic (exact) mass is 950 g/mol. The average Bonchev–Trinajstić information content (AvgIpc) is 3.29. The predicted molar refractivity (Wildman–Crippen MR) is 272 cm³/mol. The third-order valence-electron chi connectivity index (χ3n) is 11.3. The molecule has 0 aromatic rings. The minimum Gasteiger partial charge on any atom is -0.480 e. The van der Waals surface area contributed by atoms with Gasteiger partial charge in [-0.3, -0.25) is 18.6 Å². The molecular weight excluding hydrogens is 854 g/mol. The van der Waals surface area contributed by atoms with Crippen LogP contribution in [0.25, 0.3) is 0 Å². The van der Waals surface area contributed by atoms with Crippen LogP contribution in [0.15, 0.2) is 60.8 Å². The second-order valence-electron chi connectivity index (χ2n) is 17.7. The van der Waals surface area contributed by atoms with Crippen LogP contribution in [0.1, 0.15) is 232 Å². The lowest BCUT2D eigenvalue weighted by molar-refractivity contribution is -0.147. The van der Waals surface area contributed by atoms with Crippen LogP contribution in [0.3, 0.4) is 0 Å². The van der Waals surface area contributed by atoms with E-state index in [9.17, 15) is 34.1 Å². The molecule has 382 valence electrons. The van der Waals surface area contributed by atoms with Crippen LogP contribution in [-0.4, -0.2) is 64.9 Å². The maximum Gasteiger partial charge on any atom is 0.472 e. The molecule has 0 rings (SSSR count). The molecule has 0 radical (unpaired) electrons. The number of carboxylic acid groups (broad SMARTS) is 1. The second kappa shape index (κ2) is 48.6. The zero-order chi connectivity index (χ0) is 48.4. The highest BCUT2D eigenvalue weighted by Crippen LogP contribution is 2.43. The van der Waals surface area contributed by atoms with Gasteiger partial charge in [-0.1, -0.05) is 197 Å². The Balaban J connectivity index is 3.86. The molecule has 66 heavy (non-hydrogen) atoms. The number of aliphatic hydroxyl groups excluding tert-OH is 1. The number of unbranched alkanes of at least 4 members (excludes halogenated alkanes) is 25. The lowest BCUT2D eigenvalue weighted by atomic mass is 10.1. The van der Waals surface area contributed by atoms with E-state index in [1.165, 1.54) is 109 Å². The van der Waals surface area contributed by atoms with Gasteiger partial charge in [0.15, 0.2) is 6.04 Å². The molecular formula is C54H96NO10P. The topological polar surface area (TPSA) is 169 Å². The number of nitrogens with one attached hydrogen (secondary N) is 1. The van der Waals surface area contributed by atoms with E-state index in [1.54, 1.807) is 0 Å². The molecule has 0 saturated carbocycles. The Bertz CT molecular complexity index is 1350. The smallest absolute Gasteiger partial charge is 0.472 e. The highest BCUT2D eigenvalue weighted by molar-refractivity contribution is 7.47. The first kappa shape index (κ1) is 63.2. The first-order chi connectivity index (χ1) is 32.1. The molecule has 3 atom stereocenters. The van der Waals surface area contributed by atoms with Crippen molar-refractivity contribution in [2.24, 2.45) is 0 Å². The normalized spacial score (nSPS) is 14.0. The van der Waals surface area contributed by atoms with E-state index >= 15 is 0 Å². The summed E-state index contributed by atoms with van der Waals surface area (Å²) in [5, 5.41) is 21.9. The largest absolute Gasteiger partial charge is 0.480 e. The van der Waals surface area contributed by atoms with Gasteiger partial charge in [0.1, 0.15) is 12.7 Å². The van der Waals surface area contributed by atoms with Crippen LogP contribution in [0.4, 0.5) is 0 Å². The highest BCUT2D eigenvalue weighted by Gasteiger charge is 2.28. The highest BCUT2D eigenvalue weighted by atomic mass is 31.2. The molecule has 4 N–H and O–H groups in total. The van der Waals surface area contributed by atoms with Crippen LogP contribution < -0.4 is 5.32 Å². The van der Waals surface area contributed by atoms with E-state index in [-0.39, 0.29) is 12.8 Å². The van der Waals surface area contributed by atoms with Crippen LogP contribution in [-0.2, 0) is 32.7 Å². The van der Waals surface area contributed by atoms with Gasteiger partial charge in [0.25, 0.3) is 0 Å². The number of carboxylic acids is 1. The van der Waals surface area contributed by atoms with Gasteiger partial charge < -0.3 is 25.2 Å². The molecule has 3 unspecified atom stereocenters. The number of esters is 1. The molecule has 0 bridgehead atoms. The fourth-order valence-electron chi connectivity index (χ4n) is 7.18. The van der Waals surface area contributed by atoms with Crippen molar-refractivity contribution in [3.63, 3.8) is 0 Å². The fourth-order valence-corrected chi connectivity index (χ4v) is 7.95. The van der Waals surface area contributed by atoms with Gasteiger partial charge in [0, 0.05) is 12.8 Å². The van der Waals surface area contributed by atoms with Crippen molar-refractivity contribution in [2.45, 2.75) is 244 Å². The van der Waals surface area contributed by atoms with Crippen molar-refractivity contribution >= 4 is 25.7 Å². The molecule has 0 aromatic heterocycles. The first-order valence-electron chi connectivity index (χ1n) is 26.3.